The van der Waals surface area contributed by atoms with Crippen LogP contribution in [0, 0.1) is 11.3 Å². The first-order chi connectivity index (χ1) is 12.4. The first kappa shape index (κ1) is 18.7. The van der Waals surface area contributed by atoms with E-state index in [1.807, 2.05) is 24.3 Å². The highest BCUT2D eigenvalue weighted by atomic mass is 16.5. The average molecular weight is 359 g/mol. The van der Waals surface area contributed by atoms with Crippen molar-refractivity contribution >= 4 is 17.6 Å². The molecule has 2 fully saturated rings. The third-order valence-corrected chi connectivity index (χ3v) is 5.75. The molecule has 1 atom stereocenters. The Morgan fingerprint density at radius 3 is 2.69 bits per heavy atom. The molecule has 6 heteroatoms. The summed E-state index contributed by atoms with van der Waals surface area (Å²) in [5.74, 6) is -0.0516. The Morgan fingerprint density at radius 1 is 1.31 bits per heavy atom. The van der Waals surface area contributed by atoms with Crippen molar-refractivity contribution in [2.75, 3.05) is 45.7 Å². The van der Waals surface area contributed by atoms with E-state index in [-0.39, 0.29) is 23.3 Å². The van der Waals surface area contributed by atoms with Crippen molar-refractivity contribution in [1.82, 2.24) is 9.80 Å². The number of hydrogen-bond acceptors (Lipinski definition) is 3. The number of ether oxygens (including phenoxy) is 1. The minimum absolute atomic E-state index is 0.107. The number of aryl methyl sites for hydroxylation is 1. The second-order valence-electron chi connectivity index (χ2n) is 7.62. The summed E-state index contributed by atoms with van der Waals surface area (Å²) in [4.78, 5) is 29.0. The summed E-state index contributed by atoms with van der Waals surface area (Å²) in [5.41, 5.74) is 1.82. The van der Waals surface area contributed by atoms with Gasteiger partial charge in [0.1, 0.15) is 0 Å². The first-order valence-corrected chi connectivity index (χ1v) is 9.39. The number of urea groups is 1. The highest BCUT2D eigenvalue weighted by Gasteiger charge is 2.52. The summed E-state index contributed by atoms with van der Waals surface area (Å²) >= 11 is 0. The molecule has 1 aromatic carbocycles. The van der Waals surface area contributed by atoms with E-state index >= 15 is 0 Å². The lowest BCUT2D eigenvalue weighted by Gasteiger charge is -2.37. The molecule has 0 aliphatic carbocycles. The number of amides is 3. The van der Waals surface area contributed by atoms with Crippen LogP contribution in [0.2, 0.25) is 0 Å². The number of carbonyl (C=O) groups excluding carboxylic acids is 2. The molecule has 142 valence electrons. The minimum Gasteiger partial charge on any atom is -0.381 e. The highest BCUT2D eigenvalue weighted by Crippen LogP contribution is 2.45. The van der Waals surface area contributed by atoms with Gasteiger partial charge >= 0.3 is 6.03 Å². The fourth-order valence-electron chi connectivity index (χ4n) is 4.13. The number of benzene rings is 1. The van der Waals surface area contributed by atoms with Crippen LogP contribution in [0.3, 0.4) is 0 Å². The predicted octanol–water partition coefficient (Wildman–Crippen LogP) is 2.60. The van der Waals surface area contributed by atoms with Gasteiger partial charge in [-0.1, -0.05) is 19.1 Å². The molecule has 1 unspecified atom stereocenters. The van der Waals surface area contributed by atoms with E-state index in [0.29, 0.717) is 26.3 Å². The molecule has 2 aliphatic rings. The van der Waals surface area contributed by atoms with Gasteiger partial charge in [0, 0.05) is 51.5 Å². The third kappa shape index (κ3) is 3.70. The maximum atomic E-state index is 12.8. The van der Waals surface area contributed by atoms with Gasteiger partial charge in [0.2, 0.25) is 5.91 Å². The lowest BCUT2D eigenvalue weighted by atomic mass is 9.71. The summed E-state index contributed by atoms with van der Waals surface area (Å²) in [6.07, 6.45) is 2.58. The van der Waals surface area contributed by atoms with Gasteiger partial charge in [0.15, 0.2) is 0 Å². The molecule has 2 aliphatic heterocycles. The van der Waals surface area contributed by atoms with Gasteiger partial charge in [0.25, 0.3) is 0 Å². The topological polar surface area (TPSA) is 61.9 Å². The van der Waals surface area contributed by atoms with Gasteiger partial charge in [-0.25, -0.2) is 4.79 Å². The van der Waals surface area contributed by atoms with Crippen molar-refractivity contribution < 1.29 is 14.3 Å². The van der Waals surface area contributed by atoms with E-state index in [2.05, 4.69) is 12.2 Å². The van der Waals surface area contributed by atoms with Gasteiger partial charge in [-0.15, -0.1) is 0 Å². The second kappa shape index (κ2) is 7.66. The Bertz CT molecular complexity index is 668. The standard InChI is InChI=1S/C20H29N3O3/c1-4-15-6-5-7-16(12-15)21-19(25)23-13-17(18(24)22(2)3)20(14-23)8-10-26-11-9-20/h5-7,12,17H,4,8-11,13-14H2,1-3H3,(H,21,25). The number of nitrogens with one attached hydrogen (secondary N) is 1. The molecule has 1 spiro atoms. The van der Waals surface area contributed by atoms with E-state index in [9.17, 15) is 9.59 Å². The molecule has 26 heavy (non-hydrogen) atoms. The summed E-state index contributed by atoms with van der Waals surface area (Å²) in [5, 5.41) is 3.00. The maximum Gasteiger partial charge on any atom is 0.321 e. The highest BCUT2D eigenvalue weighted by molar-refractivity contribution is 5.91. The summed E-state index contributed by atoms with van der Waals surface area (Å²) in [6, 6.07) is 7.78. The maximum absolute atomic E-state index is 12.8. The SMILES string of the molecule is CCc1cccc(NC(=O)N2CC(C(=O)N(C)C)C3(CCOCC3)C2)c1. The van der Waals surface area contributed by atoms with Crippen molar-refractivity contribution in [3.63, 3.8) is 0 Å². The molecule has 3 amide bonds. The number of rotatable bonds is 3. The van der Waals surface area contributed by atoms with Crippen LogP contribution in [0.5, 0.6) is 0 Å². The zero-order valence-electron chi connectivity index (χ0n) is 16.0. The Kier molecular flexibility index (Phi) is 5.51. The molecule has 1 N–H and O–H groups in total. The Hall–Kier alpha value is -2.08. The van der Waals surface area contributed by atoms with E-state index in [1.54, 1.807) is 23.9 Å². The number of likely N-dealkylation sites (tertiary alicyclic amines) is 1. The quantitative estimate of drug-likeness (QED) is 0.902. The predicted molar refractivity (Wildman–Crippen MR) is 101 cm³/mol. The number of anilines is 1. The molecule has 2 saturated heterocycles. The van der Waals surface area contributed by atoms with Crippen LogP contribution in [0.1, 0.15) is 25.3 Å². The molecule has 0 radical (unpaired) electrons. The van der Waals surface area contributed by atoms with Gasteiger partial charge in [0.05, 0.1) is 5.92 Å². The minimum atomic E-state index is -0.164. The van der Waals surface area contributed by atoms with Crippen molar-refractivity contribution in [1.29, 1.82) is 0 Å². The molecule has 0 bridgehead atoms. The number of carbonyl (C=O) groups is 2. The smallest absolute Gasteiger partial charge is 0.321 e. The zero-order chi connectivity index (χ0) is 18.7. The Morgan fingerprint density at radius 2 is 2.04 bits per heavy atom. The van der Waals surface area contributed by atoms with Crippen LogP contribution in [-0.4, -0.2) is 62.1 Å². The molecule has 6 nitrogen and oxygen atoms in total. The van der Waals surface area contributed by atoms with E-state index in [1.165, 1.54) is 5.56 Å². The van der Waals surface area contributed by atoms with Crippen molar-refractivity contribution in [2.45, 2.75) is 26.2 Å². The molecular weight excluding hydrogens is 330 g/mol. The summed E-state index contributed by atoms with van der Waals surface area (Å²) in [7, 11) is 3.57. The fraction of sp³-hybridized carbons (Fsp3) is 0.600. The van der Waals surface area contributed by atoms with Crippen molar-refractivity contribution in [2.24, 2.45) is 11.3 Å². The lowest BCUT2D eigenvalue weighted by molar-refractivity contribution is -0.138. The zero-order valence-corrected chi connectivity index (χ0v) is 16.0. The average Bonchev–Trinajstić information content (AvgIpc) is 3.00. The number of nitrogens with zero attached hydrogens (tertiary/aromatic N) is 2. The third-order valence-electron chi connectivity index (χ3n) is 5.75. The first-order valence-electron chi connectivity index (χ1n) is 9.39. The normalized spacial score (nSPS) is 21.7. The van der Waals surface area contributed by atoms with E-state index in [4.69, 9.17) is 4.74 Å². The van der Waals surface area contributed by atoms with Crippen LogP contribution in [0.25, 0.3) is 0 Å². The largest absolute Gasteiger partial charge is 0.381 e. The second-order valence-corrected chi connectivity index (χ2v) is 7.62. The summed E-state index contributed by atoms with van der Waals surface area (Å²) in [6.45, 7) is 4.49. The molecule has 0 aromatic heterocycles. The Balaban J connectivity index is 1.75. The molecule has 1 aromatic rings. The lowest BCUT2D eigenvalue weighted by Crippen LogP contribution is -2.44. The van der Waals surface area contributed by atoms with Crippen molar-refractivity contribution in [3.8, 4) is 0 Å². The number of hydrogen-bond donors (Lipinski definition) is 1. The molecule has 2 heterocycles. The van der Waals surface area contributed by atoms with Crippen molar-refractivity contribution in [3.05, 3.63) is 29.8 Å². The van der Waals surface area contributed by atoms with Gasteiger partial charge < -0.3 is 19.9 Å². The van der Waals surface area contributed by atoms with Gasteiger partial charge in [-0.05, 0) is 37.0 Å². The molecule has 0 saturated carbocycles. The Labute approximate surface area is 155 Å². The van der Waals surface area contributed by atoms with Gasteiger partial charge in [-0.2, -0.15) is 0 Å². The summed E-state index contributed by atoms with van der Waals surface area (Å²) < 4.78 is 5.52. The van der Waals surface area contributed by atoms with E-state index < -0.39 is 0 Å². The van der Waals surface area contributed by atoms with Crippen LogP contribution in [0.15, 0.2) is 24.3 Å². The van der Waals surface area contributed by atoms with Crippen LogP contribution in [0.4, 0.5) is 10.5 Å². The van der Waals surface area contributed by atoms with E-state index in [0.717, 1.165) is 24.9 Å². The van der Waals surface area contributed by atoms with Crippen LogP contribution >= 0.6 is 0 Å². The van der Waals surface area contributed by atoms with Crippen LogP contribution < -0.4 is 5.32 Å². The monoisotopic (exact) mass is 359 g/mol. The molecular formula is C20H29N3O3. The van der Waals surface area contributed by atoms with Crippen LogP contribution in [-0.2, 0) is 16.0 Å². The van der Waals surface area contributed by atoms with Gasteiger partial charge in [-0.3, -0.25) is 4.79 Å². The molecule has 3 rings (SSSR count). The fourth-order valence-corrected chi connectivity index (χ4v) is 4.13.